The summed E-state index contributed by atoms with van der Waals surface area (Å²) in [4.78, 5) is 104. The summed E-state index contributed by atoms with van der Waals surface area (Å²) in [6.45, 7) is 8.31. The zero-order valence-electron chi connectivity index (χ0n) is 40.9. The summed E-state index contributed by atoms with van der Waals surface area (Å²) in [6, 6.07) is 26.4. The van der Waals surface area contributed by atoms with Crippen LogP contribution >= 0.6 is 35.5 Å². The van der Waals surface area contributed by atoms with Crippen molar-refractivity contribution in [2.75, 3.05) is 13.2 Å². The molecule has 0 amide bonds. The fourth-order valence-electron chi connectivity index (χ4n) is 7.65. The topological polar surface area (TPSA) is 254 Å². The number of hydrogen-bond donors (Lipinski definition) is 0. The Morgan fingerprint density at radius 1 is 0.603 bits per heavy atom. The molecule has 0 aliphatic carbocycles. The van der Waals surface area contributed by atoms with E-state index in [1.54, 1.807) is 16.7 Å². The normalized spacial score (nSPS) is 23.9. The van der Waals surface area contributed by atoms with Gasteiger partial charge in [-0.05, 0) is 36.2 Å². The van der Waals surface area contributed by atoms with Crippen molar-refractivity contribution >= 4 is 83.0 Å². The van der Waals surface area contributed by atoms with Crippen LogP contribution in [0.2, 0.25) is 0 Å². The SMILES string of the molecule is CC(=O)OC[C@H]1O[C@@H](O[C@H]2[C@H](OC(C)=O)[C@@H](OC(C)=O)[C@H](/N=c3\sc(=Nc4ccccc4)nc(SCc4ccccc4)n3-c3ccccc3C)O[C@@H]2COC(C)=O)[C@H](OC(C)=O)[C@@H](OC(C)=O)[C@H]1OC(C)=O.Cl. The standard InChI is InChI=1S/C49H54N4O17S2.ClH/c1-26-17-15-16-22-36(26)53-48(71-25-34-18-11-9-12-19-34)52-47(50-35-20-13-10-14-21-35)72-49(53)51-45-43(66-32(7)59)41(64-30(5)57)40(37(68-45)23-61-27(2)54)70-46-44(67-33(8)60)42(65-31(6)58)39(63-29(4)56)38(69-46)24-62-28(3)55;/h9-22,37-46H,23-25H2,1-8H3;1H/b50-47?,51-49-;/t37-,38-,39+,40-,41+,42+,43-,44-,45-,46+;/m1./s1. The largest absolute Gasteiger partial charge is 0.463 e. The van der Waals surface area contributed by atoms with Gasteiger partial charge in [0.05, 0.1) is 11.4 Å². The van der Waals surface area contributed by atoms with E-state index in [1.807, 2.05) is 79.7 Å². The number of hydrogen-bond acceptors (Lipinski definition) is 22. The molecule has 2 aliphatic rings. The van der Waals surface area contributed by atoms with E-state index in [2.05, 4.69) is 0 Å². The Morgan fingerprint density at radius 2 is 1.10 bits per heavy atom. The Bertz CT molecular complexity index is 2740. The van der Waals surface area contributed by atoms with Gasteiger partial charge >= 0.3 is 41.8 Å². The zero-order chi connectivity index (χ0) is 52.1. The monoisotopic (exact) mass is 1070 g/mol. The Kier molecular flexibility index (Phi) is 21.2. The maximum absolute atomic E-state index is 13.2. The number of nitrogens with zero attached hydrogens (tertiary/aromatic N) is 4. The van der Waals surface area contributed by atoms with Crippen molar-refractivity contribution < 1.29 is 80.9 Å². The van der Waals surface area contributed by atoms with Crippen molar-refractivity contribution in [2.45, 2.75) is 128 Å². The number of benzene rings is 3. The van der Waals surface area contributed by atoms with Crippen LogP contribution < -0.4 is 9.60 Å². The average Bonchev–Trinajstić information content (AvgIpc) is 3.31. The van der Waals surface area contributed by atoms with Gasteiger partial charge in [0.2, 0.25) is 4.80 Å². The molecular weight excluding hydrogens is 1020 g/mol. The minimum Gasteiger partial charge on any atom is -0.463 e. The van der Waals surface area contributed by atoms with Gasteiger partial charge in [-0.25, -0.2) is 9.98 Å². The molecule has 2 aliphatic heterocycles. The van der Waals surface area contributed by atoms with Crippen molar-refractivity contribution in [3.63, 3.8) is 0 Å². The van der Waals surface area contributed by atoms with Crippen LogP contribution in [0.5, 0.6) is 0 Å². The van der Waals surface area contributed by atoms with Gasteiger partial charge < -0.3 is 47.4 Å². The smallest absolute Gasteiger partial charge is 0.303 e. The molecular formula is C49H55ClN4O17S2. The molecule has 10 atom stereocenters. The van der Waals surface area contributed by atoms with Crippen LogP contribution in [0.1, 0.15) is 59.6 Å². The van der Waals surface area contributed by atoms with Crippen molar-refractivity contribution in [2.24, 2.45) is 9.98 Å². The first-order chi connectivity index (χ1) is 34.4. The van der Waals surface area contributed by atoms with Crippen LogP contribution in [-0.4, -0.2) is 126 Å². The molecule has 0 bridgehead atoms. The maximum Gasteiger partial charge on any atom is 0.303 e. The molecule has 2 saturated heterocycles. The summed E-state index contributed by atoms with van der Waals surface area (Å²) in [5.74, 6) is -5.52. The first-order valence-corrected chi connectivity index (χ1v) is 24.3. The lowest BCUT2D eigenvalue weighted by Crippen LogP contribution is -2.67. The zero-order valence-corrected chi connectivity index (χ0v) is 43.4. The molecule has 2 fully saturated rings. The summed E-state index contributed by atoms with van der Waals surface area (Å²) in [5.41, 5.74) is 3.08. The molecule has 21 nitrogen and oxygen atoms in total. The molecule has 3 heterocycles. The number of aryl methyl sites for hydroxylation is 1. The molecule has 0 radical (unpaired) electrons. The van der Waals surface area contributed by atoms with E-state index in [4.69, 9.17) is 62.3 Å². The molecule has 4 aromatic rings. The fourth-order valence-corrected chi connectivity index (χ4v) is 9.60. The van der Waals surface area contributed by atoms with Gasteiger partial charge in [-0.15, -0.1) is 12.4 Å². The predicted molar refractivity (Wildman–Crippen MR) is 260 cm³/mol. The van der Waals surface area contributed by atoms with Crippen LogP contribution in [0.4, 0.5) is 5.69 Å². The van der Waals surface area contributed by atoms with Gasteiger partial charge in [-0.3, -0.25) is 38.1 Å². The predicted octanol–water partition coefficient (Wildman–Crippen LogP) is 4.71. The molecule has 0 N–H and O–H groups in total. The second kappa shape index (κ2) is 27.0. The van der Waals surface area contributed by atoms with E-state index in [9.17, 15) is 33.6 Å². The average molecular weight is 1070 g/mol. The van der Waals surface area contributed by atoms with Gasteiger partial charge in [0, 0.05) is 54.2 Å². The van der Waals surface area contributed by atoms with Crippen LogP contribution in [0.25, 0.3) is 5.69 Å². The summed E-state index contributed by atoms with van der Waals surface area (Å²) in [7, 11) is 0. The number of carbonyl (C=O) groups is 7. The third kappa shape index (κ3) is 16.2. The molecule has 24 heteroatoms. The number of carbonyl (C=O) groups excluding carboxylic acids is 7. The molecule has 0 unspecified atom stereocenters. The summed E-state index contributed by atoms with van der Waals surface area (Å²) >= 11 is 2.46. The number of rotatable bonds is 17. The highest BCUT2D eigenvalue weighted by Gasteiger charge is 2.57. The number of thioether (sulfide) groups is 1. The Balaban J connectivity index is 0.00000988. The quantitative estimate of drug-likeness (QED) is 0.0788. The highest BCUT2D eigenvalue weighted by molar-refractivity contribution is 7.98. The van der Waals surface area contributed by atoms with Gasteiger partial charge in [-0.2, -0.15) is 4.98 Å². The molecule has 392 valence electrons. The van der Waals surface area contributed by atoms with Crippen molar-refractivity contribution in [1.29, 1.82) is 0 Å². The molecule has 0 spiro atoms. The van der Waals surface area contributed by atoms with E-state index in [0.717, 1.165) is 70.9 Å². The molecule has 1 aromatic heterocycles. The maximum atomic E-state index is 13.2. The van der Waals surface area contributed by atoms with E-state index in [-0.39, 0.29) is 22.0 Å². The highest BCUT2D eigenvalue weighted by atomic mass is 35.5. The highest BCUT2D eigenvalue weighted by Crippen LogP contribution is 2.36. The first-order valence-electron chi connectivity index (χ1n) is 22.5. The van der Waals surface area contributed by atoms with Crippen LogP contribution in [0.15, 0.2) is 100 Å². The van der Waals surface area contributed by atoms with Crippen molar-refractivity contribution in [3.8, 4) is 5.69 Å². The minimum atomic E-state index is -1.86. The van der Waals surface area contributed by atoms with Gasteiger partial charge in [0.15, 0.2) is 53.0 Å². The van der Waals surface area contributed by atoms with Crippen LogP contribution in [0.3, 0.4) is 0 Å². The molecule has 6 rings (SSSR count). The van der Waals surface area contributed by atoms with E-state index >= 15 is 0 Å². The van der Waals surface area contributed by atoms with Crippen LogP contribution in [0, 0.1) is 6.92 Å². The lowest BCUT2D eigenvalue weighted by atomic mass is 9.95. The first kappa shape index (κ1) is 57.4. The third-order valence-electron chi connectivity index (χ3n) is 10.4. The molecule has 73 heavy (non-hydrogen) atoms. The second-order valence-corrected chi connectivity index (χ2v) is 18.1. The molecule has 3 aromatic carbocycles. The number of esters is 7. The van der Waals surface area contributed by atoms with Gasteiger partial charge in [-0.1, -0.05) is 89.8 Å². The number of ether oxygens (including phenoxy) is 10. The van der Waals surface area contributed by atoms with Crippen LogP contribution in [-0.2, 0) is 86.7 Å². The van der Waals surface area contributed by atoms with Crippen molar-refractivity contribution in [1.82, 2.24) is 9.55 Å². The summed E-state index contributed by atoms with van der Waals surface area (Å²) < 4.78 is 60.7. The van der Waals surface area contributed by atoms with Gasteiger partial charge in [0.1, 0.15) is 31.5 Å². The number of halogens is 1. The van der Waals surface area contributed by atoms with E-state index in [0.29, 0.717) is 22.3 Å². The van der Waals surface area contributed by atoms with E-state index < -0.39 is 116 Å². The lowest BCUT2D eigenvalue weighted by Gasteiger charge is -2.48. The summed E-state index contributed by atoms with van der Waals surface area (Å²) in [6.07, 6.45) is -16.4. The lowest BCUT2D eigenvalue weighted by molar-refractivity contribution is -0.344. The second-order valence-electron chi connectivity index (χ2n) is 16.2. The van der Waals surface area contributed by atoms with Gasteiger partial charge in [0.25, 0.3) is 0 Å². The molecule has 0 saturated carbocycles. The van der Waals surface area contributed by atoms with E-state index in [1.165, 1.54) is 11.8 Å². The third-order valence-corrected chi connectivity index (χ3v) is 12.3. The minimum absolute atomic E-state index is 0. The number of aromatic nitrogens is 2. The Labute approximate surface area is 433 Å². The number of para-hydroxylation sites is 2. The fraction of sp³-hybridized carbons (Fsp3) is 0.429. The Hall–Kier alpha value is -6.50. The Morgan fingerprint density at radius 3 is 1.66 bits per heavy atom. The summed E-state index contributed by atoms with van der Waals surface area (Å²) in [5, 5.41) is 0.457. The van der Waals surface area contributed by atoms with Crippen molar-refractivity contribution in [3.05, 3.63) is 106 Å².